The van der Waals surface area contributed by atoms with Gasteiger partial charge in [-0.3, -0.25) is 14.9 Å². The lowest BCUT2D eigenvalue weighted by atomic mass is 10.0. The van der Waals surface area contributed by atoms with Gasteiger partial charge in [0, 0.05) is 18.6 Å². The zero-order valence-corrected chi connectivity index (χ0v) is 12.3. The van der Waals surface area contributed by atoms with E-state index in [1.54, 1.807) is 12.1 Å². The summed E-state index contributed by atoms with van der Waals surface area (Å²) >= 11 is 0. The number of nitro benzene ring substituents is 1. The van der Waals surface area contributed by atoms with Crippen LogP contribution in [0.3, 0.4) is 0 Å². The van der Waals surface area contributed by atoms with Gasteiger partial charge < -0.3 is 5.11 Å². The topological polar surface area (TPSA) is 80.4 Å². The van der Waals surface area contributed by atoms with Crippen molar-refractivity contribution in [2.75, 3.05) is 0 Å². The molecule has 0 bridgehead atoms. The van der Waals surface area contributed by atoms with Crippen LogP contribution in [0, 0.1) is 10.1 Å². The van der Waals surface area contributed by atoms with E-state index in [0.29, 0.717) is 0 Å². The molecule has 5 nitrogen and oxygen atoms in total. The first kappa shape index (κ1) is 17.1. The van der Waals surface area contributed by atoms with Gasteiger partial charge in [0.25, 0.3) is 5.69 Å². The maximum Gasteiger partial charge on any atom is 0.303 e. The Morgan fingerprint density at radius 2 is 1.48 bits per heavy atom. The normalized spacial score (nSPS) is 10.5. The Hall–Kier alpha value is -1.91. The monoisotopic (exact) mass is 293 g/mol. The highest BCUT2D eigenvalue weighted by Gasteiger charge is 2.03. The van der Waals surface area contributed by atoms with Crippen molar-refractivity contribution in [3.8, 4) is 0 Å². The van der Waals surface area contributed by atoms with Crippen molar-refractivity contribution in [2.24, 2.45) is 0 Å². The number of carboxylic acid groups (broad SMARTS) is 1. The molecule has 1 aromatic carbocycles. The third kappa shape index (κ3) is 8.07. The van der Waals surface area contributed by atoms with Crippen molar-refractivity contribution in [2.45, 2.75) is 57.8 Å². The Bertz CT molecular complexity index is 442. The number of carbonyl (C=O) groups is 1. The predicted octanol–water partition coefficient (Wildman–Crippen LogP) is 4.34. The van der Waals surface area contributed by atoms with Crippen LogP contribution in [0.15, 0.2) is 24.3 Å². The van der Waals surface area contributed by atoms with E-state index >= 15 is 0 Å². The molecule has 0 aromatic heterocycles. The first-order chi connectivity index (χ1) is 10.1. The van der Waals surface area contributed by atoms with Crippen LogP contribution in [0.1, 0.15) is 56.9 Å². The lowest BCUT2D eigenvalue weighted by molar-refractivity contribution is -0.384. The zero-order chi connectivity index (χ0) is 15.5. The third-order valence-electron chi connectivity index (χ3n) is 3.50. The van der Waals surface area contributed by atoms with Crippen LogP contribution < -0.4 is 0 Å². The van der Waals surface area contributed by atoms with Crippen molar-refractivity contribution in [3.05, 3.63) is 39.9 Å². The molecule has 0 saturated carbocycles. The van der Waals surface area contributed by atoms with Gasteiger partial charge in [0.15, 0.2) is 0 Å². The molecule has 0 saturated heterocycles. The summed E-state index contributed by atoms with van der Waals surface area (Å²) in [5.41, 5.74) is 1.28. The molecule has 116 valence electrons. The van der Waals surface area contributed by atoms with Crippen LogP contribution >= 0.6 is 0 Å². The molecule has 0 aliphatic rings. The molecular weight excluding hydrogens is 270 g/mol. The molecule has 0 aliphatic heterocycles. The second-order valence-corrected chi connectivity index (χ2v) is 5.29. The van der Waals surface area contributed by atoms with Crippen LogP contribution in [0.4, 0.5) is 5.69 Å². The van der Waals surface area contributed by atoms with Gasteiger partial charge in [-0.2, -0.15) is 0 Å². The second kappa shape index (κ2) is 9.91. The standard InChI is InChI=1S/C16H23NO4/c18-16(19)9-7-5-3-1-2-4-6-8-14-10-12-15(13-11-14)17(20)21/h10-13H,1-9H2,(H,18,19). The Kier molecular flexibility index (Phi) is 8.09. The molecule has 0 atom stereocenters. The quantitative estimate of drug-likeness (QED) is 0.374. The second-order valence-electron chi connectivity index (χ2n) is 5.29. The van der Waals surface area contributed by atoms with E-state index in [2.05, 4.69) is 0 Å². The third-order valence-corrected chi connectivity index (χ3v) is 3.50. The number of hydrogen-bond donors (Lipinski definition) is 1. The molecule has 0 spiro atoms. The van der Waals surface area contributed by atoms with Crippen LogP contribution in [-0.2, 0) is 11.2 Å². The largest absolute Gasteiger partial charge is 0.481 e. The fourth-order valence-corrected chi connectivity index (χ4v) is 2.27. The van der Waals surface area contributed by atoms with Gasteiger partial charge in [0.05, 0.1) is 4.92 Å². The number of rotatable bonds is 11. The van der Waals surface area contributed by atoms with Crippen LogP contribution in [-0.4, -0.2) is 16.0 Å². The Labute approximate surface area is 125 Å². The molecule has 1 N–H and O–H groups in total. The Balaban J connectivity index is 2.01. The van der Waals surface area contributed by atoms with Crippen molar-refractivity contribution in [1.82, 2.24) is 0 Å². The molecule has 0 radical (unpaired) electrons. The van der Waals surface area contributed by atoms with E-state index in [-0.39, 0.29) is 17.0 Å². The van der Waals surface area contributed by atoms with Crippen molar-refractivity contribution in [3.63, 3.8) is 0 Å². The summed E-state index contributed by atoms with van der Waals surface area (Å²) in [6, 6.07) is 6.75. The van der Waals surface area contributed by atoms with Gasteiger partial charge in [-0.25, -0.2) is 0 Å². The lowest BCUT2D eigenvalue weighted by Gasteiger charge is -2.02. The minimum absolute atomic E-state index is 0.139. The van der Waals surface area contributed by atoms with E-state index in [9.17, 15) is 14.9 Å². The van der Waals surface area contributed by atoms with Crippen molar-refractivity contribution >= 4 is 11.7 Å². The number of carboxylic acids is 1. The van der Waals surface area contributed by atoms with Crippen molar-refractivity contribution in [1.29, 1.82) is 0 Å². The molecule has 0 amide bonds. The summed E-state index contributed by atoms with van der Waals surface area (Å²) < 4.78 is 0. The average molecular weight is 293 g/mol. The summed E-state index contributed by atoms with van der Waals surface area (Å²) in [7, 11) is 0. The molecular formula is C16H23NO4. The van der Waals surface area contributed by atoms with Crippen molar-refractivity contribution < 1.29 is 14.8 Å². The summed E-state index contributed by atoms with van der Waals surface area (Å²) in [5, 5.41) is 19.0. The minimum Gasteiger partial charge on any atom is -0.481 e. The van der Waals surface area contributed by atoms with Gasteiger partial charge in [-0.1, -0.05) is 44.2 Å². The summed E-state index contributed by atoms with van der Waals surface area (Å²) in [4.78, 5) is 20.5. The summed E-state index contributed by atoms with van der Waals surface area (Å²) in [5.74, 6) is -0.710. The number of aryl methyl sites for hydroxylation is 1. The summed E-state index contributed by atoms with van der Waals surface area (Å²) in [6.07, 6.45) is 8.66. The van der Waals surface area contributed by atoms with Gasteiger partial charge in [0.1, 0.15) is 0 Å². The summed E-state index contributed by atoms with van der Waals surface area (Å²) in [6.45, 7) is 0. The maximum atomic E-state index is 10.5. The highest BCUT2D eigenvalue weighted by atomic mass is 16.6. The number of nitrogens with zero attached hydrogens (tertiary/aromatic N) is 1. The van der Waals surface area contributed by atoms with Crippen LogP contribution in [0.2, 0.25) is 0 Å². The number of benzene rings is 1. The van der Waals surface area contributed by atoms with Gasteiger partial charge in [-0.15, -0.1) is 0 Å². The van der Waals surface area contributed by atoms with Gasteiger partial charge in [-0.05, 0) is 24.8 Å². The molecule has 0 aliphatic carbocycles. The van der Waals surface area contributed by atoms with E-state index in [1.807, 2.05) is 12.1 Å². The van der Waals surface area contributed by atoms with Crippen LogP contribution in [0.25, 0.3) is 0 Å². The van der Waals surface area contributed by atoms with E-state index in [4.69, 9.17) is 5.11 Å². The lowest BCUT2D eigenvalue weighted by Crippen LogP contribution is -1.93. The SMILES string of the molecule is O=C(O)CCCCCCCCCc1ccc([N+](=O)[O-])cc1. The molecule has 5 heteroatoms. The zero-order valence-electron chi connectivity index (χ0n) is 12.3. The first-order valence-electron chi connectivity index (χ1n) is 7.54. The number of aliphatic carboxylic acids is 1. The molecule has 0 fully saturated rings. The molecule has 1 rings (SSSR count). The minimum atomic E-state index is -0.710. The fraction of sp³-hybridized carbons (Fsp3) is 0.562. The van der Waals surface area contributed by atoms with Crippen LogP contribution in [0.5, 0.6) is 0 Å². The Morgan fingerprint density at radius 1 is 0.952 bits per heavy atom. The highest BCUT2D eigenvalue weighted by molar-refractivity contribution is 5.66. The number of non-ortho nitro benzene ring substituents is 1. The highest BCUT2D eigenvalue weighted by Crippen LogP contribution is 2.15. The molecule has 0 heterocycles. The van der Waals surface area contributed by atoms with E-state index < -0.39 is 5.97 Å². The Morgan fingerprint density at radius 3 is 2.00 bits per heavy atom. The maximum absolute atomic E-state index is 10.5. The van der Waals surface area contributed by atoms with Gasteiger partial charge in [0.2, 0.25) is 0 Å². The number of unbranched alkanes of at least 4 members (excludes halogenated alkanes) is 6. The smallest absolute Gasteiger partial charge is 0.303 e. The van der Waals surface area contributed by atoms with Gasteiger partial charge >= 0.3 is 5.97 Å². The molecule has 0 unspecified atom stereocenters. The fourth-order valence-electron chi connectivity index (χ4n) is 2.27. The average Bonchev–Trinajstić information content (AvgIpc) is 2.45. The predicted molar refractivity (Wildman–Crippen MR) is 81.4 cm³/mol. The number of nitro groups is 1. The molecule has 1 aromatic rings. The molecule has 21 heavy (non-hydrogen) atoms. The van der Waals surface area contributed by atoms with E-state index in [0.717, 1.165) is 50.5 Å². The van der Waals surface area contributed by atoms with E-state index in [1.165, 1.54) is 6.42 Å². The number of hydrogen-bond acceptors (Lipinski definition) is 3. The first-order valence-corrected chi connectivity index (χ1v) is 7.54.